The first kappa shape index (κ1) is 28.9. The second-order valence-electron chi connectivity index (χ2n) is 9.61. The van der Waals surface area contributed by atoms with Gasteiger partial charge in [-0.3, -0.25) is 29.5 Å². The fourth-order valence-electron chi connectivity index (χ4n) is 5.23. The van der Waals surface area contributed by atoms with E-state index in [0.717, 1.165) is 12.0 Å². The van der Waals surface area contributed by atoms with Gasteiger partial charge < -0.3 is 40.7 Å². The number of phenolic OH excluding ortho intramolecular Hbond substituents is 2. The van der Waals surface area contributed by atoms with Gasteiger partial charge in [0.15, 0.2) is 23.0 Å². The third-order valence-corrected chi connectivity index (χ3v) is 7.32. The van der Waals surface area contributed by atoms with Gasteiger partial charge in [-0.15, -0.1) is 0 Å². The van der Waals surface area contributed by atoms with Gasteiger partial charge in [-0.2, -0.15) is 0 Å². The molecular weight excluding hydrogens is 528 g/mol. The highest BCUT2D eigenvalue weighted by Gasteiger charge is 2.53. The van der Waals surface area contributed by atoms with Crippen LogP contribution < -0.4 is 10.6 Å². The number of likely N-dealkylation sites (tertiary alicyclic amines) is 1. The lowest BCUT2D eigenvalue weighted by atomic mass is 9.96. The quantitative estimate of drug-likeness (QED) is 0.0984. The van der Waals surface area contributed by atoms with Crippen LogP contribution in [-0.2, 0) is 32.2 Å². The maximum absolute atomic E-state index is 13.5. The number of aromatic hydroxyl groups is 2. The molecule has 3 saturated heterocycles. The standard InChI is InChI=1S/C25H28N4O9.CH4O/c1-12(30)20(32)18-16(11-29(23(18)35)25(37)3-2-17(31)27-24(25)36)19-14-8-13(10-28-4-6-38-7-5-28)21(33)22(34)15(14)9-26-19;1-2/h8,26,30,32-34,37H,1-7,9-11H2,(H,27,31,36);2H,1H3/b19-16+,20-18-;. The maximum Gasteiger partial charge on any atom is 0.279 e. The molecule has 14 nitrogen and oxygen atoms in total. The van der Waals surface area contributed by atoms with E-state index in [-0.39, 0.29) is 43.0 Å². The Kier molecular flexibility index (Phi) is 8.07. The number of piperidine rings is 1. The summed E-state index contributed by atoms with van der Waals surface area (Å²) in [4.78, 5) is 40.6. The van der Waals surface area contributed by atoms with Crippen molar-refractivity contribution in [1.29, 1.82) is 0 Å². The van der Waals surface area contributed by atoms with E-state index >= 15 is 0 Å². The Morgan fingerprint density at radius 2 is 1.80 bits per heavy atom. The molecule has 1 unspecified atom stereocenters. The number of ether oxygens (including phenoxy) is 1. The lowest BCUT2D eigenvalue weighted by Crippen LogP contribution is -2.63. The van der Waals surface area contributed by atoms with E-state index in [2.05, 4.69) is 11.9 Å². The van der Waals surface area contributed by atoms with Crippen LogP contribution in [0.1, 0.15) is 29.5 Å². The highest BCUT2D eigenvalue weighted by molar-refractivity contribution is 6.10. The fourth-order valence-corrected chi connectivity index (χ4v) is 5.23. The van der Waals surface area contributed by atoms with E-state index in [4.69, 9.17) is 9.84 Å². The van der Waals surface area contributed by atoms with Crippen molar-refractivity contribution in [2.45, 2.75) is 31.7 Å². The molecule has 1 aromatic rings. The van der Waals surface area contributed by atoms with Gasteiger partial charge in [-0.05, 0) is 6.07 Å². The molecule has 1 atom stereocenters. The molecule has 4 aliphatic heterocycles. The van der Waals surface area contributed by atoms with Gasteiger partial charge in [0.05, 0.1) is 25.3 Å². The molecule has 14 heteroatoms. The van der Waals surface area contributed by atoms with Crippen LogP contribution in [-0.4, -0.2) is 104 Å². The Morgan fingerprint density at radius 3 is 2.42 bits per heavy atom. The van der Waals surface area contributed by atoms with Crippen LogP contribution in [0, 0.1) is 0 Å². The molecule has 40 heavy (non-hydrogen) atoms. The van der Waals surface area contributed by atoms with E-state index in [1.165, 1.54) is 0 Å². The average molecular weight is 561 g/mol. The highest BCUT2D eigenvalue weighted by atomic mass is 16.5. The van der Waals surface area contributed by atoms with E-state index in [1.807, 2.05) is 10.2 Å². The number of aliphatic hydroxyl groups is 4. The Hall–Kier alpha value is -4.11. The Morgan fingerprint density at radius 1 is 1.12 bits per heavy atom. The number of imide groups is 1. The molecule has 0 spiro atoms. The van der Waals surface area contributed by atoms with Crippen LogP contribution in [0.3, 0.4) is 0 Å². The zero-order valence-corrected chi connectivity index (χ0v) is 21.9. The molecule has 4 aliphatic rings. The van der Waals surface area contributed by atoms with E-state index in [0.29, 0.717) is 55.2 Å². The number of carbonyl (C=O) groups excluding carboxylic acids is 3. The number of nitrogens with one attached hydrogen (secondary N) is 2. The minimum Gasteiger partial charge on any atom is -0.505 e. The Bertz CT molecular complexity index is 1330. The first-order valence-electron chi connectivity index (χ1n) is 12.5. The molecule has 5 rings (SSSR count). The third-order valence-electron chi connectivity index (χ3n) is 7.32. The van der Waals surface area contributed by atoms with Gasteiger partial charge in [-0.1, -0.05) is 6.58 Å². The van der Waals surface area contributed by atoms with Crippen LogP contribution in [0.25, 0.3) is 5.70 Å². The molecule has 0 saturated carbocycles. The maximum atomic E-state index is 13.5. The summed E-state index contributed by atoms with van der Waals surface area (Å²) in [6.07, 6.45) is -0.572. The van der Waals surface area contributed by atoms with E-state index < -0.39 is 40.5 Å². The number of fused-ring (bicyclic) bond motifs is 1. The average Bonchev–Trinajstić information content (AvgIpc) is 3.51. The van der Waals surface area contributed by atoms with Gasteiger partial charge in [0.25, 0.3) is 11.8 Å². The summed E-state index contributed by atoms with van der Waals surface area (Å²) in [7, 11) is 1.00. The first-order valence-corrected chi connectivity index (χ1v) is 12.5. The SMILES string of the molecule is C=C(O)/C(O)=C1/C(=O)N(C2(O)CCC(=O)NC2=O)C/C1=C1\NCc2c1cc(CN1CCOCC1)c(O)c2O.CO. The summed E-state index contributed by atoms with van der Waals surface area (Å²) in [5.41, 5.74) is -1.13. The van der Waals surface area contributed by atoms with Gasteiger partial charge >= 0.3 is 0 Å². The minimum absolute atomic E-state index is 0.0763. The largest absolute Gasteiger partial charge is 0.505 e. The van der Waals surface area contributed by atoms with Gasteiger partial charge in [0.2, 0.25) is 11.6 Å². The number of hydrogen-bond acceptors (Lipinski definition) is 12. The van der Waals surface area contributed by atoms with Crippen molar-refractivity contribution in [2.24, 2.45) is 0 Å². The predicted octanol–water partition coefficient (Wildman–Crippen LogP) is -0.796. The monoisotopic (exact) mass is 560 g/mol. The smallest absolute Gasteiger partial charge is 0.279 e. The van der Waals surface area contributed by atoms with Crippen molar-refractivity contribution in [3.05, 3.63) is 52.0 Å². The van der Waals surface area contributed by atoms with Crippen molar-refractivity contribution in [1.82, 2.24) is 20.4 Å². The van der Waals surface area contributed by atoms with Crippen molar-refractivity contribution >= 4 is 23.4 Å². The normalized spacial score (nSPS) is 26.1. The zero-order chi connectivity index (χ0) is 29.4. The number of morpholine rings is 1. The number of nitrogens with zero attached hydrogens (tertiary/aromatic N) is 2. The Balaban J connectivity index is 0.00000181. The van der Waals surface area contributed by atoms with Crippen molar-refractivity contribution in [3.63, 3.8) is 0 Å². The minimum atomic E-state index is -2.38. The third kappa shape index (κ3) is 4.86. The molecular formula is C26H32N4O10. The topological polar surface area (TPSA) is 212 Å². The fraction of sp³-hybridized carbons (Fsp3) is 0.423. The second kappa shape index (κ2) is 11.2. The van der Waals surface area contributed by atoms with Gasteiger partial charge in [-0.25, -0.2) is 0 Å². The molecule has 0 aromatic heterocycles. The molecule has 4 heterocycles. The molecule has 8 N–H and O–H groups in total. The zero-order valence-electron chi connectivity index (χ0n) is 21.9. The van der Waals surface area contributed by atoms with Crippen molar-refractivity contribution in [3.8, 4) is 11.5 Å². The summed E-state index contributed by atoms with van der Waals surface area (Å²) >= 11 is 0. The summed E-state index contributed by atoms with van der Waals surface area (Å²) in [6.45, 7) is 5.65. The highest BCUT2D eigenvalue weighted by Crippen LogP contribution is 2.45. The molecule has 216 valence electrons. The number of rotatable bonds is 4. The molecule has 0 radical (unpaired) electrons. The first-order chi connectivity index (χ1) is 19.0. The molecule has 3 fully saturated rings. The lowest BCUT2D eigenvalue weighted by Gasteiger charge is -2.37. The van der Waals surface area contributed by atoms with Gasteiger partial charge in [0, 0.05) is 74.1 Å². The predicted molar refractivity (Wildman–Crippen MR) is 138 cm³/mol. The Labute approximate surface area is 229 Å². The summed E-state index contributed by atoms with van der Waals surface area (Å²) in [5, 5.41) is 65.3. The van der Waals surface area contributed by atoms with Crippen LogP contribution >= 0.6 is 0 Å². The van der Waals surface area contributed by atoms with Crippen LogP contribution in [0.4, 0.5) is 0 Å². The van der Waals surface area contributed by atoms with Crippen molar-refractivity contribution < 1.29 is 49.8 Å². The summed E-state index contributed by atoms with van der Waals surface area (Å²) in [5.74, 6) is -4.88. The second-order valence-corrected chi connectivity index (χ2v) is 9.61. The van der Waals surface area contributed by atoms with Crippen LogP contribution in [0.15, 0.2) is 35.3 Å². The number of benzene rings is 1. The molecule has 3 amide bonds. The number of aliphatic hydroxyl groups excluding tert-OH is 3. The molecule has 0 aliphatic carbocycles. The van der Waals surface area contributed by atoms with Crippen LogP contribution in [0.5, 0.6) is 11.5 Å². The van der Waals surface area contributed by atoms with Crippen LogP contribution in [0.2, 0.25) is 0 Å². The number of hydrogen-bond donors (Lipinski definition) is 8. The van der Waals surface area contributed by atoms with Crippen molar-refractivity contribution in [2.75, 3.05) is 40.0 Å². The molecule has 1 aromatic carbocycles. The number of phenols is 2. The number of amides is 3. The lowest BCUT2D eigenvalue weighted by molar-refractivity contribution is -0.177. The summed E-state index contributed by atoms with van der Waals surface area (Å²) in [6, 6.07) is 1.67. The van der Waals surface area contributed by atoms with Gasteiger partial charge in [0.1, 0.15) is 0 Å². The summed E-state index contributed by atoms with van der Waals surface area (Å²) < 4.78 is 5.36. The van der Waals surface area contributed by atoms with E-state index in [9.17, 15) is 39.9 Å². The number of carbonyl (C=O) groups is 3. The molecule has 0 bridgehead atoms. The van der Waals surface area contributed by atoms with E-state index in [1.54, 1.807) is 6.07 Å².